The van der Waals surface area contributed by atoms with Gasteiger partial charge in [-0.1, -0.05) is 6.92 Å². The molecule has 0 bridgehead atoms. The molecule has 0 amide bonds. The molecule has 1 aromatic rings. The van der Waals surface area contributed by atoms with E-state index in [4.69, 9.17) is 4.74 Å². The normalized spacial score (nSPS) is 12.6. The number of aryl methyl sites for hydroxylation is 1. The van der Waals surface area contributed by atoms with E-state index in [1.54, 1.807) is 0 Å². The maximum atomic E-state index is 13.0. The molecule has 0 spiro atoms. The van der Waals surface area contributed by atoms with Gasteiger partial charge in [0.1, 0.15) is 11.6 Å². The van der Waals surface area contributed by atoms with Gasteiger partial charge in [-0.05, 0) is 30.2 Å². The van der Waals surface area contributed by atoms with Gasteiger partial charge in [-0.2, -0.15) is 0 Å². The van der Waals surface area contributed by atoms with Gasteiger partial charge in [0.25, 0.3) is 0 Å². The van der Waals surface area contributed by atoms with Gasteiger partial charge < -0.3 is 4.74 Å². The molecule has 1 rings (SSSR count). The van der Waals surface area contributed by atoms with Crippen molar-refractivity contribution < 1.29 is 13.5 Å². The number of ether oxygens (including phenoxy) is 1. The molecule has 13 heavy (non-hydrogen) atoms. The lowest BCUT2D eigenvalue weighted by atomic mass is 10.1. The molecule has 1 nitrogen and oxygen atoms in total. The van der Waals surface area contributed by atoms with Crippen LogP contribution in [-0.2, 0) is 6.42 Å². The van der Waals surface area contributed by atoms with E-state index in [1.807, 2.05) is 6.92 Å². The number of hydrogen-bond donors (Lipinski definition) is 0. The van der Waals surface area contributed by atoms with Crippen molar-refractivity contribution in [2.24, 2.45) is 0 Å². The fourth-order valence-corrected chi connectivity index (χ4v) is 1.08. The summed E-state index contributed by atoms with van der Waals surface area (Å²) >= 11 is 0. The third-order valence-electron chi connectivity index (χ3n) is 1.70. The molecule has 72 valence electrons. The monoisotopic (exact) mass is 186 g/mol. The maximum Gasteiger partial charge on any atom is 0.235 e. The van der Waals surface area contributed by atoms with Crippen molar-refractivity contribution in [3.63, 3.8) is 0 Å². The number of hydrogen-bond acceptors (Lipinski definition) is 1. The Bertz CT molecular complexity index is 284. The Balaban J connectivity index is 2.86. The molecule has 0 heterocycles. The van der Waals surface area contributed by atoms with Crippen LogP contribution in [0.1, 0.15) is 19.4 Å². The number of halogens is 2. The number of rotatable bonds is 3. The average Bonchev–Trinajstić information content (AvgIpc) is 2.07. The van der Waals surface area contributed by atoms with Crippen molar-refractivity contribution in [1.29, 1.82) is 0 Å². The van der Waals surface area contributed by atoms with Gasteiger partial charge in [-0.15, -0.1) is 0 Å². The second kappa shape index (κ2) is 4.21. The Morgan fingerprint density at radius 3 is 2.69 bits per heavy atom. The van der Waals surface area contributed by atoms with E-state index in [9.17, 15) is 8.78 Å². The standard InChI is InChI=1S/C10H12F2O/c1-3-8-6-9(13-7(2)11)4-5-10(8)12/h4-7H,3H2,1-2H3. The fraction of sp³-hybridized carbons (Fsp3) is 0.400. The molecule has 0 fully saturated rings. The summed E-state index contributed by atoms with van der Waals surface area (Å²) in [5.74, 6) is 0.0922. The van der Waals surface area contributed by atoms with Crippen molar-refractivity contribution in [3.05, 3.63) is 29.6 Å². The molecule has 0 N–H and O–H groups in total. The SMILES string of the molecule is CCc1cc(OC(C)F)ccc1F. The summed E-state index contributed by atoms with van der Waals surface area (Å²) in [6, 6.07) is 4.23. The van der Waals surface area contributed by atoms with Gasteiger partial charge in [0.2, 0.25) is 6.36 Å². The lowest BCUT2D eigenvalue weighted by Crippen LogP contribution is -2.04. The smallest absolute Gasteiger partial charge is 0.235 e. The summed E-state index contributed by atoms with van der Waals surface area (Å²) < 4.78 is 30.1. The van der Waals surface area contributed by atoms with E-state index in [0.717, 1.165) is 0 Å². The van der Waals surface area contributed by atoms with Crippen LogP contribution in [-0.4, -0.2) is 6.36 Å². The average molecular weight is 186 g/mol. The Labute approximate surface area is 76.3 Å². The Morgan fingerprint density at radius 2 is 2.15 bits per heavy atom. The van der Waals surface area contributed by atoms with Gasteiger partial charge >= 0.3 is 0 Å². The van der Waals surface area contributed by atoms with Crippen molar-refractivity contribution in [3.8, 4) is 5.75 Å². The fourth-order valence-electron chi connectivity index (χ4n) is 1.08. The quantitative estimate of drug-likeness (QED) is 0.704. The summed E-state index contributed by atoms with van der Waals surface area (Å²) in [5.41, 5.74) is 0.540. The molecule has 1 aromatic carbocycles. The molecule has 0 aromatic heterocycles. The zero-order valence-electron chi connectivity index (χ0n) is 7.68. The summed E-state index contributed by atoms with van der Waals surface area (Å²) in [7, 11) is 0. The largest absolute Gasteiger partial charge is 0.461 e. The van der Waals surface area contributed by atoms with Crippen molar-refractivity contribution in [1.82, 2.24) is 0 Å². The number of benzene rings is 1. The third kappa shape index (κ3) is 2.68. The van der Waals surface area contributed by atoms with E-state index in [0.29, 0.717) is 17.7 Å². The molecule has 1 unspecified atom stereocenters. The molecule has 0 aliphatic rings. The highest BCUT2D eigenvalue weighted by atomic mass is 19.1. The van der Waals surface area contributed by atoms with Crippen LogP contribution < -0.4 is 4.74 Å². The van der Waals surface area contributed by atoms with Crippen molar-refractivity contribution in [2.75, 3.05) is 0 Å². The van der Waals surface area contributed by atoms with E-state index in [-0.39, 0.29) is 5.82 Å². The molecule has 1 atom stereocenters. The van der Waals surface area contributed by atoms with E-state index in [2.05, 4.69) is 0 Å². The highest BCUT2D eigenvalue weighted by Crippen LogP contribution is 2.18. The van der Waals surface area contributed by atoms with E-state index < -0.39 is 6.36 Å². The second-order valence-corrected chi connectivity index (χ2v) is 2.77. The van der Waals surface area contributed by atoms with Crippen LogP contribution in [0, 0.1) is 5.82 Å². The lowest BCUT2D eigenvalue weighted by molar-refractivity contribution is 0.0858. The minimum absolute atomic E-state index is 0.277. The Hall–Kier alpha value is -1.12. The Morgan fingerprint density at radius 1 is 1.46 bits per heavy atom. The molecule has 0 aliphatic carbocycles. The first kappa shape index (κ1) is 9.96. The highest BCUT2D eigenvalue weighted by Gasteiger charge is 2.04. The van der Waals surface area contributed by atoms with Crippen LogP contribution in [0.2, 0.25) is 0 Å². The molecule has 3 heteroatoms. The molecule has 0 radical (unpaired) electrons. The van der Waals surface area contributed by atoms with Crippen LogP contribution in [0.3, 0.4) is 0 Å². The summed E-state index contributed by atoms with van der Waals surface area (Å²) in [6.07, 6.45) is -0.792. The van der Waals surface area contributed by atoms with Crippen LogP contribution >= 0.6 is 0 Å². The first-order chi connectivity index (χ1) is 6.13. The van der Waals surface area contributed by atoms with E-state index in [1.165, 1.54) is 25.1 Å². The second-order valence-electron chi connectivity index (χ2n) is 2.77. The first-order valence-corrected chi connectivity index (χ1v) is 4.22. The van der Waals surface area contributed by atoms with Crippen LogP contribution in [0.15, 0.2) is 18.2 Å². The zero-order chi connectivity index (χ0) is 9.84. The van der Waals surface area contributed by atoms with E-state index >= 15 is 0 Å². The number of alkyl halides is 1. The Kier molecular flexibility index (Phi) is 3.23. The van der Waals surface area contributed by atoms with Gasteiger partial charge in [0.05, 0.1) is 0 Å². The van der Waals surface area contributed by atoms with Crippen molar-refractivity contribution in [2.45, 2.75) is 26.6 Å². The van der Waals surface area contributed by atoms with Crippen LogP contribution in [0.4, 0.5) is 8.78 Å². The molecular formula is C10H12F2O. The minimum Gasteiger partial charge on any atom is -0.461 e. The lowest BCUT2D eigenvalue weighted by Gasteiger charge is -2.08. The molecule has 0 aliphatic heterocycles. The zero-order valence-corrected chi connectivity index (χ0v) is 7.68. The first-order valence-electron chi connectivity index (χ1n) is 4.22. The minimum atomic E-state index is -1.37. The molecule has 0 saturated carbocycles. The van der Waals surface area contributed by atoms with Crippen molar-refractivity contribution >= 4 is 0 Å². The highest BCUT2D eigenvalue weighted by molar-refractivity contribution is 5.29. The predicted molar refractivity (Wildman–Crippen MR) is 47.0 cm³/mol. The van der Waals surface area contributed by atoms with Crippen LogP contribution in [0.5, 0.6) is 5.75 Å². The molecular weight excluding hydrogens is 174 g/mol. The maximum absolute atomic E-state index is 13.0. The topological polar surface area (TPSA) is 9.23 Å². The van der Waals surface area contributed by atoms with Crippen LogP contribution in [0.25, 0.3) is 0 Å². The summed E-state index contributed by atoms with van der Waals surface area (Å²) in [6.45, 7) is 3.12. The predicted octanol–water partition coefficient (Wildman–Crippen LogP) is 3.08. The summed E-state index contributed by atoms with van der Waals surface area (Å²) in [4.78, 5) is 0. The van der Waals surface area contributed by atoms with Gasteiger partial charge in [-0.3, -0.25) is 0 Å². The van der Waals surface area contributed by atoms with Gasteiger partial charge in [0.15, 0.2) is 0 Å². The molecule has 0 saturated heterocycles. The van der Waals surface area contributed by atoms with Gasteiger partial charge in [-0.25, -0.2) is 8.78 Å². The van der Waals surface area contributed by atoms with Gasteiger partial charge in [0, 0.05) is 6.92 Å². The third-order valence-corrected chi connectivity index (χ3v) is 1.70. The summed E-state index contributed by atoms with van der Waals surface area (Å²) in [5, 5.41) is 0.